The molecular weight excluding hydrogens is 346 g/mol. The summed E-state index contributed by atoms with van der Waals surface area (Å²) in [5, 5.41) is 0. The average Bonchev–Trinajstić information content (AvgIpc) is 2.79. The Labute approximate surface area is 168 Å². The summed E-state index contributed by atoms with van der Waals surface area (Å²) in [4.78, 5) is 14.5. The SMILES string of the molecule is O=C(COC1CCCCC1)N1CCC(c2ccc(-c3ccccc3)cc2)CC1. The fourth-order valence-corrected chi connectivity index (χ4v) is 4.55. The summed E-state index contributed by atoms with van der Waals surface area (Å²) in [6.45, 7) is 1.96. The largest absolute Gasteiger partial charge is 0.368 e. The van der Waals surface area contributed by atoms with Crippen molar-refractivity contribution in [2.45, 2.75) is 57.0 Å². The van der Waals surface area contributed by atoms with E-state index < -0.39 is 0 Å². The molecule has 0 N–H and O–H groups in total. The first kappa shape index (κ1) is 19.2. The van der Waals surface area contributed by atoms with Crippen LogP contribution in [0.25, 0.3) is 11.1 Å². The highest BCUT2D eigenvalue weighted by Crippen LogP contribution is 2.30. The van der Waals surface area contributed by atoms with Crippen LogP contribution in [-0.2, 0) is 9.53 Å². The maximum absolute atomic E-state index is 12.5. The number of ether oxygens (including phenoxy) is 1. The van der Waals surface area contributed by atoms with E-state index in [1.165, 1.54) is 36.0 Å². The Bertz CT molecular complexity index is 742. The number of piperidine rings is 1. The van der Waals surface area contributed by atoms with Crippen LogP contribution in [0.4, 0.5) is 0 Å². The first-order valence-electron chi connectivity index (χ1n) is 10.8. The maximum atomic E-state index is 12.5. The molecule has 148 valence electrons. The lowest BCUT2D eigenvalue weighted by atomic mass is 9.88. The van der Waals surface area contributed by atoms with Gasteiger partial charge in [-0.15, -0.1) is 0 Å². The van der Waals surface area contributed by atoms with Gasteiger partial charge in [0, 0.05) is 13.1 Å². The minimum absolute atomic E-state index is 0.170. The van der Waals surface area contributed by atoms with Crippen molar-refractivity contribution in [2.24, 2.45) is 0 Å². The Morgan fingerprint density at radius 2 is 1.46 bits per heavy atom. The molecule has 0 radical (unpaired) electrons. The molecule has 1 heterocycles. The molecule has 3 heteroatoms. The summed E-state index contributed by atoms with van der Waals surface area (Å²) >= 11 is 0. The van der Waals surface area contributed by atoms with Crippen molar-refractivity contribution >= 4 is 5.91 Å². The van der Waals surface area contributed by atoms with E-state index in [1.54, 1.807) is 0 Å². The van der Waals surface area contributed by atoms with Crippen molar-refractivity contribution in [3.8, 4) is 11.1 Å². The first-order valence-corrected chi connectivity index (χ1v) is 10.8. The molecule has 2 aliphatic rings. The van der Waals surface area contributed by atoms with Gasteiger partial charge in [-0.2, -0.15) is 0 Å². The van der Waals surface area contributed by atoms with Gasteiger partial charge < -0.3 is 9.64 Å². The van der Waals surface area contributed by atoms with E-state index in [2.05, 4.69) is 48.5 Å². The van der Waals surface area contributed by atoms with Gasteiger partial charge in [0.05, 0.1) is 6.10 Å². The Balaban J connectivity index is 1.26. The number of benzene rings is 2. The van der Waals surface area contributed by atoms with Crippen molar-refractivity contribution in [2.75, 3.05) is 19.7 Å². The van der Waals surface area contributed by atoms with Crippen molar-refractivity contribution in [1.29, 1.82) is 0 Å². The summed E-state index contributed by atoms with van der Waals surface area (Å²) < 4.78 is 5.87. The van der Waals surface area contributed by atoms with Crippen LogP contribution in [0.3, 0.4) is 0 Å². The van der Waals surface area contributed by atoms with Gasteiger partial charge in [0.15, 0.2) is 0 Å². The highest BCUT2D eigenvalue weighted by atomic mass is 16.5. The van der Waals surface area contributed by atoms with Crippen LogP contribution in [0.15, 0.2) is 54.6 Å². The second kappa shape index (κ2) is 9.38. The monoisotopic (exact) mass is 377 g/mol. The molecule has 2 aromatic rings. The number of likely N-dealkylation sites (tertiary alicyclic amines) is 1. The van der Waals surface area contributed by atoms with Crippen LogP contribution in [0, 0.1) is 0 Å². The summed E-state index contributed by atoms with van der Waals surface area (Å²) in [7, 11) is 0. The lowest BCUT2D eigenvalue weighted by molar-refractivity contribution is -0.139. The third kappa shape index (κ3) is 4.82. The van der Waals surface area contributed by atoms with Crippen molar-refractivity contribution in [3.05, 3.63) is 60.2 Å². The molecule has 3 nitrogen and oxygen atoms in total. The van der Waals surface area contributed by atoms with Gasteiger partial charge in [-0.05, 0) is 48.3 Å². The van der Waals surface area contributed by atoms with Crippen molar-refractivity contribution in [3.63, 3.8) is 0 Å². The quantitative estimate of drug-likeness (QED) is 0.697. The Hall–Kier alpha value is -2.13. The third-order valence-corrected chi connectivity index (χ3v) is 6.33. The molecular formula is C25H31NO2. The highest BCUT2D eigenvalue weighted by molar-refractivity contribution is 5.77. The third-order valence-electron chi connectivity index (χ3n) is 6.33. The van der Waals surface area contributed by atoms with Gasteiger partial charge in [0.1, 0.15) is 6.61 Å². The molecule has 0 bridgehead atoms. The highest BCUT2D eigenvalue weighted by Gasteiger charge is 2.25. The molecule has 0 atom stereocenters. The van der Waals surface area contributed by atoms with E-state index in [4.69, 9.17) is 4.74 Å². The van der Waals surface area contributed by atoms with E-state index in [0.717, 1.165) is 38.8 Å². The minimum atomic E-state index is 0.170. The zero-order valence-corrected chi connectivity index (χ0v) is 16.7. The van der Waals surface area contributed by atoms with E-state index in [1.807, 2.05) is 11.0 Å². The van der Waals surface area contributed by atoms with Crippen LogP contribution >= 0.6 is 0 Å². The van der Waals surface area contributed by atoms with E-state index >= 15 is 0 Å². The number of hydrogen-bond donors (Lipinski definition) is 0. The summed E-state index contributed by atoms with van der Waals surface area (Å²) in [6.07, 6.45) is 8.43. The maximum Gasteiger partial charge on any atom is 0.248 e. The molecule has 28 heavy (non-hydrogen) atoms. The second-order valence-electron chi connectivity index (χ2n) is 8.21. The standard InChI is InChI=1S/C25H31NO2/c27-25(19-28-24-9-5-2-6-10-24)26-17-15-23(16-18-26)22-13-11-21(12-14-22)20-7-3-1-4-8-20/h1,3-4,7-8,11-14,23-24H,2,5-6,9-10,15-19H2. The summed E-state index contributed by atoms with van der Waals surface area (Å²) in [5.74, 6) is 0.719. The van der Waals surface area contributed by atoms with Crippen molar-refractivity contribution < 1.29 is 9.53 Å². The fourth-order valence-electron chi connectivity index (χ4n) is 4.55. The van der Waals surface area contributed by atoms with Crippen LogP contribution in [0.5, 0.6) is 0 Å². The van der Waals surface area contributed by atoms with Crippen LogP contribution < -0.4 is 0 Å². The number of hydrogen-bond acceptors (Lipinski definition) is 2. The average molecular weight is 378 g/mol. The molecule has 2 aromatic carbocycles. The van der Waals surface area contributed by atoms with Gasteiger partial charge in [0.25, 0.3) is 0 Å². The number of amides is 1. The molecule has 1 aliphatic carbocycles. The number of carbonyl (C=O) groups excluding carboxylic acids is 1. The topological polar surface area (TPSA) is 29.5 Å². The van der Waals surface area contributed by atoms with Crippen LogP contribution in [0.1, 0.15) is 56.4 Å². The molecule has 0 unspecified atom stereocenters. The first-order chi connectivity index (χ1) is 13.8. The van der Waals surface area contributed by atoms with Gasteiger partial charge in [-0.1, -0.05) is 73.9 Å². The number of carbonyl (C=O) groups is 1. The van der Waals surface area contributed by atoms with Gasteiger partial charge in [0.2, 0.25) is 5.91 Å². The lowest BCUT2D eigenvalue weighted by Gasteiger charge is -2.33. The lowest BCUT2D eigenvalue weighted by Crippen LogP contribution is -2.40. The predicted molar refractivity (Wildman–Crippen MR) is 113 cm³/mol. The van der Waals surface area contributed by atoms with Crippen molar-refractivity contribution in [1.82, 2.24) is 4.90 Å². The Kier molecular flexibility index (Phi) is 6.43. The molecule has 1 amide bonds. The zero-order valence-electron chi connectivity index (χ0n) is 16.7. The van der Waals surface area contributed by atoms with Crippen LogP contribution in [0.2, 0.25) is 0 Å². The minimum Gasteiger partial charge on any atom is -0.368 e. The number of rotatable bonds is 5. The Morgan fingerprint density at radius 1 is 0.821 bits per heavy atom. The summed E-state index contributed by atoms with van der Waals surface area (Å²) in [6, 6.07) is 19.5. The van der Waals surface area contributed by atoms with Crippen LogP contribution in [-0.4, -0.2) is 36.6 Å². The predicted octanol–water partition coefficient (Wildman–Crippen LogP) is 5.41. The van der Waals surface area contributed by atoms with Gasteiger partial charge >= 0.3 is 0 Å². The molecule has 0 spiro atoms. The molecule has 1 saturated carbocycles. The number of nitrogens with zero attached hydrogens (tertiary/aromatic N) is 1. The fraction of sp³-hybridized carbons (Fsp3) is 0.480. The Morgan fingerprint density at radius 3 is 2.14 bits per heavy atom. The molecule has 1 aliphatic heterocycles. The van der Waals surface area contributed by atoms with E-state index in [0.29, 0.717) is 12.0 Å². The smallest absolute Gasteiger partial charge is 0.248 e. The summed E-state index contributed by atoms with van der Waals surface area (Å²) in [5.41, 5.74) is 3.91. The van der Waals surface area contributed by atoms with Gasteiger partial charge in [-0.3, -0.25) is 4.79 Å². The molecule has 0 aromatic heterocycles. The second-order valence-corrected chi connectivity index (χ2v) is 8.21. The molecule has 2 fully saturated rings. The molecule has 4 rings (SSSR count). The van der Waals surface area contributed by atoms with E-state index in [9.17, 15) is 4.79 Å². The molecule has 1 saturated heterocycles. The normalized spacial score (nSPS) is 18.9. The van der Waals surface area contributed by atoms with E-state index in [-0.39, 0.29) is 12.5 Å². The van der Waals surface area contributed by atoms with Gasteiger partial charge in [-0.25, -0.2) is 0 Å². The zero-order chi connectivity index (χ0) is 19.2.